The van der Waals surface area contributed by atoms with Crippen LogP contribution in [-0.4, -0.2) is 46.3 Å². The van der Waals surface area contributed by atoms with E-state index in [4.69, 9.17) is 0 Å². The molecule has 2 aromatic heterocycles. The van der Waals surface area contributed by atoms with Gasteiger partial charge in [-0.25, -0.2) is 9.97 Å². The molecule has 120 valence electrons. The van der Waals surface area contributed by atoms with Crippen molar-refractivity contribution in [3.8, 4) is 0 Å². The number of aromatic nitrogens is 4. The highest BCUT2D eigenvalue weighted by atomic mass is 15.3. The lowest BCUT2D eigenvalue weighted by molar-refractivity contribution is 0.635. The van der Waals surface area contributed by atoms with E-state index in [2.05, 4.69) is 48.2 Å². The fourth-order valence-corrected chi connectivity index (χ4v) is 3.13. The predicted molar refractivity (Wildman–Crippen MR) is 89.9 cm³/mol. The maximum absolute atomic E-state index is 4.56. The molecule has 1 saturated carbocycles. The van der Waals surface area contributed by atoms with Crippen molar-refractivity contribution in [2.24, 2.45) is 0 Å². The Morgan fingerprint density at radius 2 is 1.57 bits per heavy atom. The van der Waals surface area contributed by atoms with Gasteiger partial charge in [-0.1, -0.05) is 0 Å². The molecule has 2 aromatic rings. The topological polar surface area (TPSA) is 58.0 Å². The Kier molecular flexibility index (Phi) is 3.59. The Hall–Kier alpha value is -2.24. The van der Waals surface area contributed by atoms with Crippen LogP contribution >= 0.6 is 0 Å². The van der Waals surface area contributed by atoms with Crippen LogP contribution < -0.4 is 9.80 Å². The van der Waals surface area contributed by atoms with Crippen molar-refractivity contribution in [3.05, 3.63) is 35.4 Å². The molecule has 0 N–H and O–H groups in total. The lowest BCUT2D eigenvalue weighted by Gasteiger charge is -2.36. The zero-order chi connectivity index (χ0) is 15.8. The summed E-state index contributed by atoms with van der Waals surface area (Å²) in [5, 5.41) is 8.81. The first-order valence-corrected chi connectivity index (χ1v) is 8.35. The molecule has 1 aliphatic carbocycles. The number of nitrogens with zero attached hydrogens (tertiary/aromatic N) is 6. The molecule has 0 spiro atoms. The van der Waals surface area contributed by atoms with E-state index < -0.39 is 0 Å². The summed E-state index contributed by atoms with van der Waals surface area (Å²) in [5.41, 5.74) is 2.18. The van der Waals surface area contributed by atoms with Gasteiger partial charge >= 0.3 is 0 Å². The minimum Gasteiger partial charge on any atom is -0.353 e. The molecule has 0 unspecified atom stereocenters. The van der Waals surface area contributed by atoms with Crippen LogP contribution in [0.2, 0.25) is 0 Å². The number of hydrogen-bond donors (Lipinski definition) is 0. The van der Waals surface area contributed by atoms with Crippen LogP contribution in [0.4, 0.5) is 11.6 Å². The zero-order valence-electron chi connectivity index (χ0n) is 13.7. The molecule has 0 aromatic carbocycles. The van der Waals surface area contributed by atoms with Gasteiger partial charge in [0.25, 0.3) is 0 Å². The summed E-state index contributed by atoms with van der Waals surface area (Å²) in [6.07, 6.45) is 2.54. The van der Waals surface area contributed by atoms with Gasteiger partial charge in [0.1, 0.15) is 11.6 Å². The highest BCUT2D eigenvalue weighted by molar-refractivity contribution is 5.45. The van der Waals surface area contributed by atoms with Gasteiger partial charge < -0.3 is 9.80 Å². The second-order valence-corrected chi connectivity index (χ2v) is 6.48. The average Bonchev–Trinajstić information content (AvgIpc) is 3.39. The molecule has 0 amide bonds. The van der Waals surface area contributed by atoms with Gasteiger partial charge in [-0.2, -0.15) is 5.10 Å². The van der Waals surface area contributed by atoms with Crippen molar-refractivity contribution < 1.29 is 0 Å². The van der Waals surface area contributed by atoms with Gasteiger partial charge in [0.2, 0.25) is 0 Å². The average molecular weight is 310 g/mol. The Bertz CT molecular complexity index is 666. The van der Waals surface area contributed by atoms with E-state index in [1.54, 1.807) is 0 Å². The highest BCUT2D eigenvalue weighted by Gasteiger charge is 2.26. The van der Waals surface area contributed by atoms with Crippen molar-refractivity contribution in [1.82, 2.24) is 20.2 Å². The van der Waals surface area contributed by atoms with E-state index in [1.807, 2.05) is 13.8 Å². The maximum atomic E-state index is 4.56. The van der Waals surface area contributed by atoms with Crippen molar-refractivity contribution in [2.45, 2.75) is 32.6 Å². The quantitative estimate of drug-likeness (QED) is 0.865. The SMILES string of the molecule is Cc1cc(N2CCN(c3ccc(C4CC4)nn3)CC2)nc(C)n1. The number of rotatable bonds is 3. The van der Waals surface area contributed by atoms with Crippen LogP contribution in [-0.2, 0) is 0 Å². The number of piperazine rings is 1. The normalized spacial score (nSPS) is 18.3. The van der Waals surface area contributed by atoms with Crippen LogP contribution in [0.15, 0.2) is 18.2 Å². The van der Waals surface area contributed by atoms with Gasteiger partial charge in [-0.05, 0) is 38.8 Å². The lowest BCUT2D eigenvalue weighted by atomic mass is 10.2. The minimum absolute atomic E-state index is 0.664. The van der Waals surface area contributed by atoms with E-state index in [0.29, 0.717) is 5.92 Å². The molecule has 2 aliphatic rings. The van der Waals surface area contributed by atoms with Crippen molar-refractivity contribution in [2.75, 3.05) is 36.0 Å². The second-order valence-electron chi connectivity index (χ2n) is 6.48. The smallest absolute Gasteiger partial charge is 0.151 e. The second kappa shape index (κ2) is 5.76. The van der Waals surface area contributed by atoms with E-state index in [9.17, 15) is 0 Å². The third kappa shape index (κ3) is 3.11. The summed E-state index contributed by atoms with van der Waals surface area (Å²) in [7, 11) is 0. The molecule has 0 atom stereocenters. The highest BCUT2D eigenvalue weighted by Crippen LogP contribution is 2.38. The first-order valence-electron chi connectivity index (χ1n) is 8.35. The summed E-state index contributed by atoms with van der Waals surface area (Å²) >= 11 is 0. The van der Waals surface area contributed by atoms with E-state index in [-0.39, 0.29) is 0 Å². The monoisotopic (exact) mass is 310 g/mol. The predicted octanol–water partition coefficient (Wildman–Crippen LogP) is 2.09. The molecule has 6 nitrogen and oxygen atoms in total. The molecule has 1 saturated heterocycles. The number of aryl methyl sites for hydroxylation is 2. The molecule has 4 rings (SSSR count). The fraction of sp³-hybridized carbons (Fsp3) is 0.529. The number of hydrogen-bond acceptors (Lipinski definition) is 6. The Balaban J connectivity index is 1.41. The maximum Gasteiger partial charge on any atom is 0.151 e. The van der Waals surface area contributed by atoms with Crippen LogP contribution in [0.25, 0.3) is 0 Å². The Labute approximate surface area is 136 Å². The summed E-state index contributed by atoms with van der Waals surface area (Å²) in [4.78, 5) is 13.5. The van der Waals surface area contributed by atoms with Crippen LogP contribution in [0.3, 0.4) is 0 Å². The molecule has 3 heterocycles. The fourth-order valence-electron chi connectivity index (χ4n) is 3.13. The van der Waals surface area contributed by atoms with Crippen LogP contribution in [0, 0.1) is 13.8 Å². The van der Waals surface area contributed by atoms with Crippen molar-refractivity contribution in [1.29, 1.82) is 0 Å². The third-order valence-electron chi connectivity index (χ3n) is 4.55. The van der Waals surface area contributed by atoms with Gasteiger partial charge in [0.15, 0.2) is 5.82 Å². The molecule has 2 fully saturated rings. The van der Waals surface area contributed by atoms with E-state index in [1.165, 1.54) is 12.8 Å². The Morgan fingerprint density at radius 3 is 2.13 bits per heavy atom. The first-order chi connectivity index (χ1) is 11.2. The van der Waals surface area contributed by atoms with Crippen LogP contribution in [0.5, 0.6) is 0 Å². The van der Waals surface area contributed by atoms with E-state index >= 15 is 0 Å². The van der Waals surface area contributed by atoms with Crippen molar-refractivity contribution in [3.63, 3.8) is 0 Å². The molecule has 23 heavy (non-hydrogen) atoms. The van der Waals surface area contributed by atoms with Gasteiger partial charge in [0.05, 0.1) is 5.69 Å². The number of anilines is 2. The summed E-state index contributed by atoms with van der Waals surface area (Å²) in [6.45, 7) is 7.75. The van der Waals surface area contributed by atoms with Gasteiger partial charge in [0, 0.05) is 43.9 Å². The van der Waals surface area contributed by atoms with Crippen LogP contribution in [0.1, 0.15) is 36.0 Å². The molecule has 0 bridgehead atoms. The van der Waals surface area contributed by atoms with E-state index in [0.717, 1.165) is 55.0 Å². The standard InChI is InChI=1S/C17H22N6/c1-12-11-17(19-13(2)18-12)23-9-7-22(8-10-23)16-6-5-15(20-21-16)14-3-4-14/h5-6,11,14H,3-4,7-10H2,1-2H3. The lowest BCUT2D eigenvalue weighted by Crippen LogP contribution is -2.47. The van der Waals surface area contributed by atoms with Gasteiger partial charge in [-0.3, -0.25) is 0 Å². The molecule has 6 heteroatoms. The summed E-state index contributed by atoms with van der Waals surface area (Å²) < 4.78 is 0. The molecular weight excluding hydrogens is 288 g/mol. The molecule has 0 radical (unpaired) electrons. The zero-order valence-corrected chi connectivity index (χ0v) is 13.7. The van der Waals surface area contributed by atoms with Crippen molar-refractivity contribution >= 4 is 11.6 Å². The minimum atomic E-state index is 0.664. The summed E-state index contributed by atoms with van der Waals surface area (Å²) in [5.74, 6) is 3.52. The molecule has 1 aliphatic heterocycles. The summed E-state index contributed by atoms with van der Waals surface area (Å²) in [6, 6.07) is 6.33. The molecular formula is C17H22N6. The third-order valence-corrected chi connectivity index (χ3v) is 4.55. The Morgan fingerprint density at radius 1 is 0.870 bits per heavy atom. The largest absolute Gasteiger partial charge is 0.353 e. The first kappa shape index (κ1) is 14.4. The van der Waals surface area contributed by atoms with Gasteiger partial charge in [-0.15, -0.1) is 5.10 Å².